The third kappa shape index (κ3) is 11.3. The number of nitrogens with zero attached hydrogens (tertiary/aromatic N) is 3. The highest BCUT2D eigenvalue weighted by Gasteiger charge is 2.44. The van der Waals surface area contributed by atoms with Crippen LogP contribution in [0.25, 0.3) is 0 Å². The summed E-state index contributed by atoms with van der Waals surface area (Å²) in [5.41, 5.74) is 2.08. The summed E-state index contributed by atoms with van der Waals surface area (Å²) in [5.74, 6) is -6.02. The van der Waals surface area contributed by atoms with Crippen molar-refractivity contribution in [1.82, 2.24) is 14.7 Å². The van der Waals surface area contributed by atoms with Crippen molar-refractivity contribution in [2.45, 2.75) is 97.2 Å². The van der Waals surface area contributed by atoms with Crippen molar-refractivity contribution in [3.8, 4) is 0 Å². The van der Waals surface area contributed by atoms with Crippen LogP contribution < -0.4 is 0 Å². The molecule has 1 aliphatic heterocycles. The third-order valence-corrected chi connectivity index (χ3v) is 10.3. The van der Waals surface area contributed by atoms with Crippen molar-refractivity contribution >= 4 is 35.6 Å². The first-order chi connectivity index (χ1) is 27.0. The number of likely N-dealkylation sites (N-methyl/N-ethyl adjacent to an activating group) is 3. The van der Waals surface area contributed by atoms with Crippen LogP contribution in [0.4, 0.5) is 0 Å². The van der Waals surface area contributed by atoms with Gasteiger partial charge in [0.25, 0.3) is 17.7 Å². The molecule has 12 heteroatoms. The van der Waals surface area contributed by atoms with Crippen molar-refractivity contribution in [3.05, 3.63) is 108 Å². The van der Waals surface area contributed by atoms with Gasteiger partial charge in [-0.25, -0.2) is 14.4 Å². The minimum absolute atomic E-state index is 0.0250. The van der Waals surface area contributed by atoms with E-state index in [0.29, 0.717) is 16.7 Å². The first-order valence-electron chi connectivity index (χ1n) is 19.5. The lowest BCUT2D eigenvalue weighted by molar-refractivity contribution is -0.178. The fourth-order valence-electron chi connectivity index (χ4n) is 7.38. The Bertz CT molecular complexity index is 1620. The van der Waals surface area contributed by atoms with Crippen LogP contribution in [0.2, 0.25) is 0 Å². The second-order valence-electron chi connectivity index (χ2n) is 15.8. The standard InChI is InChI=1S/C45H57N3O9/c1-28(2)37-43(52)55-35(26-32-21-15-11-16-22-32)41(50)47(8)39(30(5)6)45(54)57-36(27-33-23-17-12-18-24-33)42(51)48(9)38(29(3)4)44(53)56-34(40(49)46(37)7)25-31-19-13-10-14-20-31/h10-24,28-30,34-39H,25-27H2,1-9H3/t34-,35-,36-,37?,38?,39?/m1/s1. The number of benzene rings is 3. The van der Waals surface area contributed by atoms with Gasteiger partial charge in [-0.3, -0.25) is 14.4 Å². The first kappa shape index (κ1) is 44.2. The van der Waals surface area contributed by atoms with Crippen LogP contribution >= 0.6 is 0 Å². The number of carbonyl (C=O) groups is 6. The Morgan fingerprint density at radius 2 is 0.614 bits per heavy atom. The molecule has 0 saturated carbocycles. The Labute approximate surface area is 336 Å². The van der Waals surface area contributed by atoms with Crippen LogP contribution in [-0.2, 0) is 62.2 Å². The average Bonchev–Trinajstić information content (AvgIpc) is 3.16. The smallest absolute Gasteiger partial charge is 0.329 e. The monoisotopic (exact) mass is 783 g/mol. The molecule has 6 atom stereocenters. The van der Waals surface area contributed by atoms with Gasteiger partial charge in [-0.1, -0.05) is 133 Å². The molecule has 0 spiro atoms. The van der Waals surface area contributed by atoms with Gasteiger partial charge in [0.05, 0.1) is 0 Å². The molecule has 1 aliphatic rings. The van der Waals surface area contributed by atoms with Gasteiger partial charge in [0.2, 0.25) is 0 Å². The number of hydrogen-bond donors (Lipinski definition) is 0. The molecule has 1 saturated heterocycles. The molecule has 3 unspecified atom stereocenters. The van der Waals surface area contributed by atoms with E-state index in [0.717, 1.165) is 0 Å². The van der Waals surface area contributed by atoms with Gasteiger partial charge in [0.1, 0.15) is 18.1 Å². The highest BCUT2D eigenvalue weighted by atomic mass is 16.6. The van der Waals surface area contributed by atoms with E-state index in [9.17, 15) is 28.8 Å². The summed E-state index contributed by atoms with van der Waals surface area (Å²) in [6, 6.07) is 23.4. The van der Waals surface area contributed by atoms with Crippen molar-refractivity contribution in [3.63, 3.8) is 0 Å². The lowest BCUT2D eigenvalue weighted by Gasteiger charge is -2.37. The molecule has 0 aliphatic carbocycles. The number of cyclic esters (lactones) is 3. The largest absolute Gasteiger partial charge is 0.450 e. The zero-order chi connectivity index (χ0) is 42.0. The van der Waals surface area contributed by atoms with E-state index in [1.807, 2.05) is 18.2 Å². The summed E-state index contributed by atoms with van der Waals surface area (Å²) in [6.07, 6.45) is -4.28. The highest BCUT2D eigenvalue weighted by molar-refractivity contribution is 5.94. The molecule has 4 rings (SSSR count). The number of hydrogen-bond acceptors (Lipinski definition) is 9. The summed E-state index contributed by atoms with van der Waals surface area (Å²) in [7, 11) is 4.31. The fourth-order valence-corrected chi connectivity index (χ4v) is 7.38. The quantitative estimate of drug-likeness (QED) is 0.219. The molecule has 12 nitrogen and oxygen atoms in total. The molecule has 0 bridgehead atoms. The second-order valence-corrected chi connectivity index (χ2v) is 15.8. The van der Waals surface area contributed by atoms with E-state index < -0.39 is 89.8 Å². The minimum atomic E-state index is -1.40. The maximum atomic E-state index is 14.5. The van der Waals surface area contributed by atoms with Crippen LogP contribution in [0.3, 0.4) is 0 Å². The van der Waals surface area contributed by atoms with Gasteiger partial charge in [-0.05, 0) is 34.4 Å². The minimum Gasteiger partial charge on any atom is -0.450 e. The van der Waals surface area contributed by atoms with Crippen LogP contribution in [0, 0.1) is 17.8 Å². The Morgan fingerprint density at radius 1 is 0.404 bits per heavy atom. The lowest BCUT2D eigenvalue weighted by Crippen LogP contribution is -2.57. The molecular weight excluding hydrogens is 727 g/mol. The SMILES string of the molecule is CC(C)C1C(=O)O[C@H](Cc2ccccc2)C(=O)N(C)C(C(C)C)C(=O)O[C@H](Cc2ccccc2)C(=O)N(C)C(C(C)C)C(=O)O[C@H](Cc2ccccc2)C(=O)N1C. The van der Waals surface area contributed by atoms with Crippen LogP contribution in [-0.4, -0.2) is 108 Å². The van der Waals surface area contributed by atoms with Gasteiger partial charge in [-0.2, -0.15) is 0 Å². The predicted octanol–water partition coefficient (Wildman–Crippen LogP) is 4.91. The summed E-state index contributed by atoms with van der Waals surface area (Å²) in [4.78, 5) is 89.9. The van der Waals surface area contributed by atoms with Crippen LogP contribution in [0.1, 0.15) is 58.2 Å². The van der Waals surface area contributed by atoms with E-state index in [4.69, 9.17) is 14.2 Å². The lowest BCUT2D eigenvalue weighted by atomic mass is 9.98. The number of amides is 3. The van der Waals surface area contributed by atoms with Crippen molar-refractivity contribution in [2.24, 2.45) is 17.8 Å². The zero-order valence-electron chi connectivity index (χ0n) is 34.5. The molecule has 3 amide bonds. The normalized spacial score (nSPS) is 23.7. The molecule has 3 aromatic carbocycles. The third-order valence-electron chi connectivity index (χ3n) is 10.3. The second kappa shape index (κ2) is 20.1. The molecule has 0 N–H and O–H groups in total. The van der Waals surface area contributed by atoms with Gasteiger partial charge in [-0.15, -0.1) is 0 Å². The van der Waals surface area contributed by atoms with E-state index in [-0.39, 0.29) is 19.3 Å². The Hall–Kier alpha value is -5.52. The fraction of sp³-hybridized carbons (Fsp3) is 0.467. The number of ether oxygens (including phenoxy) is 3. The maximum Gasteiger partial charge on any atom is 0.329 e. The Kier molecular flexibility index (Phi) is 15.6. The Balaban J connectivity index is 1.88. The highest BCUT2D eigenvalue weighted by Crippen LogP contribution is 2.24. The van der Waals surface area contributed by atoms with Crippen molar-refractivity contribution < 1.29 is 43.0 Å². The van der Waals surface area contributed by atoms with Gasteiger partial charge in [0, 0.05) is 40.4 Å². The number of carbonyl (C=O) groups excluding carboxylic acids is 6. The first-order valence-corrected chi connectivity index (χ1v) is 19.5. The van der Waals surface area contributed by atoms with Crippen molar-refractivity contribution in [2.75, 3.05) is 21.1 Å². The van der Waals surface area contributed by atoms with E-state index in [1.54, 1.807) is 114 Å². The number of rotatable bonds is 9. The van der Waals surface area contributed by atoms with Gasteiger partial charge < -0.3 is 28.9 Å². The van der Waals surface area contributed by atoms with Gasteiger partial charge in [0.15, 0.2) is 18.3 Å². The van der Waals surface area contributed by atoms with Crippen LogP contribution in [0.5, 0.6) is 0 Å². The molecule has 3 aromatic rings. The van der Waals surface area contributed by atoms with E-state index >= 15 is 0 Å². The van der Waals surface area contributed by atoms with Crippen molar-refractivity contribution in [1.29, 1.82) is 0 Å². The molecule has 0 aromatic heterocycles. The molecule has 1 fully saturated rings. The summed E-state index contributed by atoms with van der Waals surface area (Å²) < 4.78 is 18.1. The van der Waals surface area contributed by atoms with E-state index in [1.165, 1.54) is 35.8 Å². The van der Waals surface area contributed by atoms with Crippen LogP contribution in [0.15, 0.2) is 91.0 Å². The topological polar surface area (TPSA) is 140 Å². The van der Waals surface area contributed by atoms with Gasteiger partial charge >= 0.3 is 17.9 Å². The molecule has 0 radical (unpaired) electrons. The zero-order valence-corrected chi connectivity index (χ0v) is 34.5. The summed E-state index contributed by atoms with van der Waals surface area (Å²) in [5, 5.41) is 0. The molecule has 306 valence electrons. The average molecular weight is 784 g/mol. The van der Waals surface area contributed by atoms with E-state index in [2.05, 4.69) is 0 Å². The Morgan fingerprint density at radius 3 is 0.807 bits per heavy atom. The summed E-state index contributed by atoms with van der Waals surface area (Å²) in [6.45, 7) is 10.5. The molecule has 57 heavy (non-hydrogen) atoms. The molecule has 1 heterocycles. The maximum absolute atomic E-state index is 14.5. The molecular formula is C45H57N3O9. The number of esters is 3. The summed E-state index contributed by atoms with van der Waals surface area (Å²) >= 11 is 0. The predicted molar refractivity (Wildman–Crippen MR) is 214 cm³/mol.